The third-order valence-electron chi connectivity index (χ3n) is 6.84. The molecule has 4 N–H and O–H groups in total. The Kier molecular flexibility index (Phi) is 6.40. The Morgan fingerprint density at radius 2 is 1.92 bits per heavy atom. The van der Waals surface area contributed by atoms with Gasteiger partial charge in [-0.15, -0.1) is 0 Å². The number of hydrogen-bond acceptors (Lipinski definition) is 7. The second-order valence-electron chi connectivity index (χ2n) is 9.38. The Morgan fingerprint density at radius 1 is 1.16 bits per heavy atom. The molecule has 0 spiro atoms. The minimum atomic E-state index is -4.60. The maximum atomic E-state index is 13.5. The summed E-state index contributed by atoms with van der Waals surface area (Å²) in [5, 5.41) is 5.75. The number of halogens is 3. The van der Waals surface area contributed by atoms with E-state index in [1.807, 2.05) is 12.1 Å². The molecule has 1 atom stereocenters. The molecule has 2 aromatic carbocycles. The average molecular weight is 513 g/mol. The van der Waals surface area contributed by atoms with Crippen LogP contribution in [0.15, 0.2) is 42.6 Å². The first-order chi connectivity index (χ1) is 17.7. The number of fused-ring (bicyclic) bond motifs is 1. The van der Waals surface area contributed by atoms with Gasteiger partial charge in [-0.1, -0.05) is 12.1 Å². The molecule has 11 heteroatoms. The molecule has 1 amide bonds. The number of nitrogens with one attached hydrogen (secondary N) is 2. The summed E-state index contributed by atoms with van der Waals surface area (Å²) in [6, 6.07) is 9.28. The van der Waals surface area contributed by atoms with Gasteiger partial charge in [0.05, 0.1) is 24.0 Å². The number of aromatic nitrogens is 2. The van der Waals surface area contributed by atoms with Gasteiger partial charge in [-0.3, -0.25) is 9.69 Å². The van der Waals surface area contributed by atoms with Gasteiger partial charge in [0, 0.05) is 18.8 Å². The lowest BCUT2D eigenvalue weighted by Crippen LogP contribution is -2.33. The van der Waals surface area contributed by atoms with Crippen LogP contribution in [0.1, 0.15) is 45.9 Å². The Hall–Kier alpha value is -3.86. The van der Waals surface area contributed by atoms with Crippen LogP contribution in [-0.4, -0.2) is 41.5 Å². The van der Waals surface area contributed by atoms with Crippen LogP contribution in [0.5, 0.6) is 5.75 Å². The Balaban J connectivity index is 1.51. The minimum absolute atomic E-state index is 0.0716. The largest absolute Gasteiger partial charge is 0.495 e. The van der Waals surface area contributed by atoms with Gasteiger partial charge in [-0.25, -0.2) is 4.98 Å². The fourth-order valence-electron chi connectivity index (χ4n) is 4.90. The number of carbonyl (C=O) groups excluding carboxylic acids is 1. The summed E-state index contributed by atoms with van der Waals surface area (Å²) >= 11 is 0. The topological polar surface area (TPSA) is 105 Å². The summed E-state index contributed by atoms with van der Waals surface area (Å²) in [5.74, 6) is 0.259. The lowest BCUT2D eigenvalue weighted by Gasteiger charge is -2.35. The first-order valence-electron chi connectivity index (χ1n) is 11.9. The van der Waals surface area contributed by atoms with Crippen molar-refractivity contribution in [3.63, 3.8) is 0 Å². The zero-order valence-electron chi connectivity index (χ0n) is 20.4. The molecule has 1 aliphatic heterocycles. The van der Waals surface area contributed by atoms with Crippen molar-refractivity contribution in [3.05, 3.63) is 64.8 Å². The van der Waals surface area contributed by atoms with Gasteiger partial charge in [-0.05, 0) is 67.6 Å². The first kappa shape index (κ1) is 24.8. The molecule has 1 aliphatic carbocycles. The molecule has 194 valence electrons. The molecule has 8 nitrogen and oxygen atoms in total. The van der Waals surface area contributed by atoms with Gasteiger partial charge in [0.15, 0.2) is 0 Å². The lowest BCUT2D eigenvalue weighted by atomic mass is 9.89. The van der Waals surface area contributed by atoms with E-state index in [1.165, 1.54) is 48.4 Å². The van der Waals surface area contributed by atoms with Crippen molar-refractivity contribution in [2.45, 2.75) is 31.5 Å². The summed E-state index contributed by atoms with van der Waals surface area (Å²) in [4.78, 5) is 22.9. The molecule has 0 radical (unpaired) electrons. The molecule has 3 aromatic rings. The second kappa shape index (κ2) is 9.55. The molecule has 1 saturated carbocycles. The molecule has 2 aliphatic rings. The minimum Gasteiger partial charge on any atom is -0.495 e. The van der Waals surface area contributed by atoms with Crippen LogP contribution in [-0.2, 0) is 12.6 Å². The van der Waals surface area contributed by atoms with E-state index in [0.29, 0.717) is 23.4 Å². The van der Waals surface area contributed by atoms with E-state index in [0.717, 1.165) is 19.0 Å². The van der Waals surface area contributed by atoms with Crippen molar-refractivity contribution in [3.8, 4) is 5.75 Å². The van der Waals surface area contributed by atoms with Crippen LogP contribution >= 0.6 is 0 Å². The second-order valence-corrected chi connectivity index (χ2v) is 9.38. The quantitative estimate of drug-likeness (QED) is 0.408. The predicted octanol–water partition coefficient (Wildman–Crippen LogP) is 5.03. The van der Waals surface area contributed by atoms with Crippen molar-refractivity contribution < 1.29 is 22.7 Å². The van der Waals surface area contributed by atoms with Crippen molar-refractivity contribution in [1.82, 2.24) is 14.9 Å². The number of anilines is 4. The van der Waals surface area contributed by atoms with E-state index in [9.17, 15) is 18.0 Å². The molecule has 0 bridgehead atoms. The third-order valence-corrected chi connectivity index (χ3v) is 6.84. The summed E-state index contributed by atoms with van der Waals surface area (Å²) in [7, 11) is 3.70. The van der Waals surface area contributed by atoms with Crippen molar-refractivity contribution in [1.29, 1.82) is 0 Å². The number of alkyl halides is 3. The average Bonchev–Trinajstić information content (AvgIpc) is 3.68. The number of nitrogens with zero attached hydrogens (tertiary/aromatic N) is 3. The maximum absolute atomic E-state index is 13.5. The highest BCUT2D eigenvalue weighted by Gasteiger charge is 2.38. The standard InChI is InChI=1S/C26H27F3N6O2/c1-35-10-9-15-11-21(37-2)20(12-16(15)22(35)14-7-8-14)33-25-31-13-17(23(30)36)24(34-25)32-19-6-4-3-5-18(19)26(27,28)29/h3-6,11-14,22H,7-10H2,1-2H3,(H2,30,36)(H2,31,32,33,34). The van der Waals surface area contributed by atoms with E-state index < -0.39 is 17.6 Å². The van der Waals surface area contributed by atoms with Crippen LogP contribution in [0.4, 0.5) is 36.3 Å². The van der Waals surface area contributed by atoms with Gasteiger partial charge < -0.3 is 21.1 Å². The summed E-state index contributed by atoms with van der Waals surface area (Å²) in [5.41, 5.74) is 7.22. The first-order valence-corrected chi connectivity index (χ1v) is 11.9. The smallest absolute Gasteiger partial charge is 0.418 e. The summed E-state index contributed by atoms with van der Waals surface area (Å²) < 4.78 is 46.2. The van der Waals surface area contributed by atoms with E-state index in [2.05, 4.69) is 32.5 Å². The summed E-state index contributed by atoms with van der Waals surface area (Å²) in [6.45, 7) is 0.968. The van der Waals surface area contributed by atoms with Crippen LogP contribution in [0.3, 0.4) is 0 Å². The number of nitrogens with two attached hydrogens (primary N) is 1. The Morgan fingerprint density at radius 3 is 2.59 bits per heavy atom. The van der Waals surface area contributed by atoms with Gasteiger partial charge >= 0.3 is 6.18 Å². The number of amides is 1. The maximum Gasteiger partial charge on any atom is 0.418 e. The van der Waals surface area contributed by atoms with E-state index in [1.54, 1.807) is 7.11 Å². The molecule has 1 aromatic heterocycles. The number of methoxy groups -OCH3 is 1. The zero-order valence-corrected chi connectivity index (χ0v) is 20.4. The normalized spacial score (nSPS) is 17.7. The molecule has 37 heavy (non-hydrogen) atoms. The summed E-state index contributed by atoms with van der Waals surface area (Å²) in [6.07, 6.45) is -0.138. The van der Waals surface area contributed by atoms with Crippen LogP contribution in [0.2, 0.25) is 0 Å². The molecule has 1 fully saturated rings. The van der Waals surface area contributed by atoms with Crippen LogP contribution < -0.4 is 21.1 Å². The highest BCUT2D eigenvalue weighted by atomic mass is 19.4. The van der Waals surface area contributed by atoms with E-state index in [-0.39, 0.29) is 23.0 Å². The van der Waals surface area contributed by atoms with Crippen LogP contribution in [0, 0.1) is 5.92 Å². The molecular formula is C26H27F3N6O2. The number of rotatable bonds is 7. The number of ether oxygens (including phenoxy) is 1. The predicted molar refractivity (Wildman–Crippen MR) is 133 cm³/mol. The number of benzene rings is 2. The van der Waals surface area contributed by atoms with Gasteiger partial charge in [-0.2, -0.15) is 18.2 Å². The zero-order chi connectivity index (χ0) is 26.3. The molecule has 2 heterocycles. The number of para-hydroxylation sites is 1. The SMILES string of the molecule is COc1cc2c(cc1Nc1ncc(C(N)=O)c(Nc3ccccc3C(F)(F)F)n1)C(C1CC1)N(C)CC2. The Bertz CT molecular complexity index is 1340. The third kappa shape index (κ3) is 5.04. The van der Waals surface area contributed by atoms with Crippen molar-refractivity contribution in [2.75, 3.05) is 31.3 Å². The van der Waals surface area contributed by atoms with Crippen LogP contribution in [0.25, 0.3) is 0 Å². The number of primary amides is 1. The lowest BCUT2D eigenvalue weighted by molar-refractivity contribution is -0.136. The van der Waals surface area contributed by atoms with Gasteiger partial charge in [0.25, 0.3) is 5.91 Å². The van der Waals surface area contributed by atoms with Crippen molar-refractivity contribution in [2.24, 2.45) is 11.7 Å². The Labute approximate surface area is 212 Å². The highest BCUT2D eigenvalue weighted by molar-refractivity contribution is 5.98. The number of hydrogen-bond donors (Lipinski definition) is 3. The van der Waals surface area contributed by atoms with E-state index >= 15 is 0 Å². The van der Waals surface area contributed by atoms with E-state index in [4.69, 9.17) is 10.5 Å². The fourth-order valence-corrected chi connectivity index (χ4v) is 4.90. The molecule has 1 unspecified atom stereocenters. The number of likely N-dealkylation sites (N-methyl/N-ethyl adjacent to an activating group) is 1. The number of carbonyl (C=O) groups is 1. The van der Waals surface area contributed by atoms with Gasteiger partial charge in [0.1, 0.15) is 17.1 Å². The molecule has 0 saturated heterocycles. The van der Waals surface area contributed by atoms with Crippen molar-refractivity contribution >= 4 is 29.0 Å². The van der Waals surface area contributed by atoms with Gasteiger partial charge in [0.2, 0.25) is 5.95 Å². The highest BCUT2D eigenvalue weighted by Crippen LogP contribution is 2.48. The fraction of sp³-hybridized carbons (Fsp3) is 0.346. The molecule has 5 rings (SSSR count). The molecular weight excluding hydrogens is 485 g/mol. The monoisotopic (exact) mass is 512 g/mol.